The first-order valence-electron chi connectivity index (χ1n) is 6.57. The molecule has 1 fully saturated rings. The van der Waals surface area contributed by atoms with Gasteiger partial charge in [0.25, 0.3) is 10.0 Å². The van der Waals surface area contributed by atoms with Crippen molar-refractivity contribution in [2.75, 3.05) is 30.9 Å². The standard InChI is InChI=1S/C12H24N2O4S2/c1-10(12(2,3)4)11(15)14-6-8-20(18,9-7-14)13-19(5,16)17/h10H,6-9H2,1-5H3. The molecule has 1 atom stereocenters. The highest BCUT2D eigenvalue weighted by Crippen LogP contribution is 2.27. The largest absolute Gasteiger partial charge is 0.341 e. The molecule has 0 aromatic rings. The van der Waals surface area contributed by atoms with Crippen LogP contribution in [0.3, 0.4) is 0 Å². The molecule has 0 aliphatic carbocycles. The van der Waals surface area contributed by atoms with Crippen LogP contribution in [-0.2, 0) is 24.5 Å². The molecular formula is C12H24N2O4S2. The third-order valence-electron chi connectivity index (χ3n) is 3.61. The molecule has 6 nitrogen and oxygen atoms in total. The molecule has 8 heteroatoms. The van der Waals surface area contributed by atoms with Gasteiger partial charge in [0.1, 0.15) is 0 Å². The highest BCUT2D eigenvalue weighted by molar-refractivity contribution is 8.03. The van der Waals surface area contributed by atoms with Gasteiger partial charge in [-0.1, -0.05) is 27.7 Å². The number of carbonyl (C=O) groups excluding carboxylic acids is 1. The van der Waals surface area contributed by atoms with Gasteiger partial charge in [-0.05, 0) is 5.41 Å². The van der Waals surface area contributed by atoms with Gasteiger partial charge in [-0.25, -0.2) is 12.6 Å². The smallest absolute Gasteiger partial charge is 0.257 e. The van der Waals surface area contributed by atoms with E-state index in [9.17, 15) is 17.4 Å². The van der Waals surface area contributed by atoms with Gasteiger partial charge < -0.3 is 4.90 Å². The van der Waals surface area contributed by atoms with Gasteiger partial charge in [0, 0.05) is 19.0 Å². The lowest BCUT2D eigenvalue weighted by molar-refractivity contribution is -0.137. The highest BCUT2D eigenvalue weighted by atomic mass is 32.3. The zero-order chi connectivity index (χ0) is 15.8. The summed E-state index contributed by atoms with van der Waals surface area (Å²) < 4.78 is 38.0. The van der Waals surface area contributed by atoms with Crippen LogP contribution < -0.4 is 0 Å². The van der Waals surface area contributed by atoms with Gasteiger partial charge >= 0.3 is 0 Å². The van der Waals surface area contributed by atoms with E-state index in [0.717, 1.165) is 6.26 Å². The van der Waals surface area contributed by atoms with Gasteiger partial charge in [0.15, 0.2) is 0 Å². The fourth-order valence-electron chi connectivity index (χ4n) is 1.91. The van der Waals surface area contributed by atoms with Crippen molar-refractivity contribution in [1.29, 1.82) is 0 Å². The first-order valence-corrected chi connectivity index (χ1v) is 10.3. The maximum absolute atomic E-state index is 12.3. The van der Waals surface area contributed by atoms with E-state index in [-0.39, 0.29) is 28.7 Å². The average Bonchev–Trinajstić information content (AvgIpc) is 2.24. The Labute approximate surface area is 122 Å². The molecule has 1 rings (SSSR count). The van der Waals surface area contributed by atoms with E-state index >= 15 is 0 Å². The number of nitrogens with zero attached hydrogens (tertiary/aromatic N) is 2. The summed E-state index contributed by atoms with van der Waals surface area (Å²) >= 11 is 0. The maximum atomic E-state index is 12.3. The van der Waals surface area contributed by atoms with Crippen molar-refractivity contribution in [3.05, 3.63) is 0 Å². The molecule has 1 saturated heterocycles. The third kappa shape index (κ3) is 4.73. The molecule has 0 saturated carbocycles. The second-order valence-corrected chi connectivity index (χ2v) is 10.8. The number of hydrogen-bond donors (Lipinski definition) is 0. The van der Waals surface area contributed by atoms with E-state index in [0.29, 0.717) is 13.1 Å². The van der Waals surface area contributed by atoms with E-state index in [2.05, 4.69) is 3.77 Å². The molecule has 0 aromatic carbocycles. The van der Waals surface area contributed by atoms with Crippen LogP contribution >= 0.6 is 0 Å². The van der Waals surface area contributed by atoms with Crippen molar-refractivity contribution in [2.45, 2.75) is 27.7 Å². The summed E-state index contributed by atoms with van der Waals surface area (Å²) in [5.74, 6) is 0.146. The Bertz CT molecular complexity index is 581. The molecule has 1 unspecified atom stereocenters. The van der Waals surface area contributed by atoms with Gasteiger partial charge in [-0.3, -0.25) is 4.79 Å². The topological polar surface area (TPSA) is 83.9 Å². The molecule has 20 heavy (non-hydrogen) atoms. The molecule has 1 aliphatic rings. The average molecular weight is 324 g/mol. The lowest BCUT2D eigenvalue weighted by Gasteiger charge is -2.35. The quantitative estimate of drug-likeness (QED) is 0.756. The first kappa shape index (κ1) is 17.4. The fourth-order valence-corrected chi connectivity index (χ4v) is 5.69. The molecule has 1 aliphatic heterocycles. The van der Waals surface area contributed by atoms with Crippen molar-refractivity contribution < 1.29 is 17.4 Å². The molecule has 1 amide bonds. The van der Waals surface area contributed by atoms with E-state index in [1.165, 1.54) is 0 Å². The van der Waals surface area contributed by atoms with Crippen LogP contribution in [0.2, 0.25) is 0 Å². The Kier molecular flexibility index (Phi) is 4.91. The Hall–Kier alpha value is -0.630. The number of amides is 1. The number of rotatable bonds is 2. The summed E-state index contributed by atoms with van der Waals surface area (Å²) in [5.41, 5.74) is -0.132. The van der Waals surface area contributed by atoms with Gasteiger partial charge in [-0.2, -0.15) is 0 Å². The monoisotopic (exact) mass is 324 g/mol. The van der Waals surface area contributed by atoms with Crippen LogP contribution in [0.15, 0.2) is 3.77 Å². The normalized spacial score (nSPS) is 21.4. The third-order valence-corrected chi connectivity index (χ3v) is 7.42. The van der Waals surface area contributed by atoms with Crippen LogP contribution in [0.5, 0.6) is 0 Å². The summed E-state index contributed by atoms with van der Waals surface area (Å²) in [7, 11) is -6.35. The van der Waals surface area contributed by atoms with E-state index in [1.807, 2.05) is 27.7 Å². The Balaban J connectivity index is 2.80. The van der Waals surface area contributed by atoms with Crippen molar-refractivity contribution in [1.82, 2.24) is 4.90 Å². The summed E-state index contributed by atoms with van der Waals surface area (Å²) in [6, 6.07) is 0. The van der Waals surface area contributed by atoms with E-state index < -0.39 is 19.8 Å². The fraction of sp³-hybridized carbons (Fsp3) is 0.917. The van der Waals surface area contributed by atoms with Gasteiger partial charge in [0.2, 0.25) is 5.91 Å². The van der Waals surface area contributed by atoms with Crippen LogP contribution in [-0.4, -0.2) is 54.3 Å². The van der Waals surface area contributed by atoms with E-state index in [4.69, 9.17) is 0 Å². The molecule has 1 heterocycles. The number of hydrogen-bond acceptors (Lipinski definition) is 4. The van der Waals surface area contributed by atoms with Gasteiger partial charge in [-0.15, -0.1) is 3.77 Å². The minimum Gasteiger partial charge on any atom is -0.341 e. The molecule has 0 bridgehead atoms. The van der Waals surface area contributed by atoms with Crippen molar-refractivity contribution in [2.24, 2.45) is 15.1 Å². The molecule has 118 valence electrons. The zero-order valence-corrected chi connectivity index (χ0v) is 14.4. The molecular weight excluding hydrogens is 300 g/mol. The second kappa shape index (κ2) is 5.63. The SMILES string of the molecule is CC(C(=O)N1CCS(=O)(=NS(C)(=O)=O)CC1)C(C)(C)C. The minimum atomic E-state index is -3.61. The molecule has 0 radical (unpaired) electrons. The molecule has 0 spiro atoms. The Morgan fingerprint density at radius 1 is 1.25 bits per heavy atom. The lowest BCUT2D eigenvalue weighted by Crippen LogP contribution is -2.47. The van der Waals surface area contributed by atoms with Crippen LogP contribution in [0.1, 0.15) is 27.7 Å². The predicted molar refractivity (Wildman–Crippen MR) is 80.3 cm³/mol. The summed E-state index contributed by atoms with van der Waals surface area (Å²) in [5, 5.41) is 0. The predicted octanol–water partition coefficient (Wildman–Crippen LogP) is 0.938. The minimum absolute atomic E-state index is 0.0262. The van der Waals surface area contributed by atoms with Crippen LogP contribution in [0, 0.1) is 11.3 Å². The molecule has 0 N–H and O–H groups in total. The first-order chi connectivity index (χ1) is 8.84. The van der Waals surface area contributed by atoms with Crippen molar-refractivity contribution in [3.8, 4) is 0 Å². The Morgan fingerprint density at radius 3 is 2.05 bits per heavy atom. The summed E-state index contributed by atoms with van der Waals surface area (Å²) in [4.78, 5) is 14.0. The lowest BCUT2D eigenvalue weighted by atomic mass is 9.81. The second-order valence-electron chi connectivity index (χ2n) is 6.40. The van der Waals surface area contributed by atoms with Crippen molar-refractivity contribution >= 4 is 25.7 Å². The van der Waals surface area contributed by atoms with Gasteiger partial charge in [0.05, 0.1) is 27.5 Å². The number of carbonyl (C=O) groups is 1. The van der Waals surface area contributed by atoms with Crippen molar-refractivity contribution in [3.63, 3.8) is 0 Å². The Morgan fingerprint density at radius 2 is 1.70 bits per heavy atom. The highest BCUT2D eigenvalue weighted by Gasteiger charge is 2.33. The van der Waals surface area contributed by atoms with Crippen LogP contribution in [0.25, 0.3) is 0 Å². The zero-order valence-electron chi connectivity index (χ0n) is 12.7. The molecule has 0 aromatic heterocycles. The summed E-state index contributed by atoms with van der Waals surface area (Å²) in [6.07, 6.45) is 0.943. The van der Waals surface area contributed by atoms with Crippen LogP contribution in [0.4, 0.5) is 0 Å². The van der Waals surface area contributed by atoms with E-state index in [1.54, 1.807) is 4.90 Å². The summed E-state index contributed by atoms with van der Waals surface area (Å²) in [6.45, 7) is 8.49. The number of sulfonamides is 1. The maximum Gasteiger partial charge on any atom is 0.257 e.